The van der Waals surface area contributed by atoms with E-state index in [0.717, 1.165) is 6.21 Å². The van der Waals surface area contributed by atoms with Crippen LogP contribution in [0.5, 0.6) is 0 Å². The molecule has 0 aromatic heterocycles. The lowest BCUT2D eigenvalue weighted by Gasteiger charge is -2.23. The van der Waals surface area contributed by atoms with Crippen LogP contribution in [0.25, 0.3) is 0 Å². The SMILES string of the molecule is NC(=O)CCN=CC(O)C(O)C(O)C(O)CO. The van der Waals surface area contributed by atoms with E-state index in [9.17, 15) is 20.1 Å². The number of primary amides is 1. The van der Waals surface area contributed by atoms with Gasteiger partial charge in [0.05, 0.1) is 6.61 Å². The smallest absolute Gasteiger partial charge is 0.219 e. The number of nitrogens with zero attached hydrogens (tertiary/aromatic N) is 1. The van der Waals surface area contributed by atoms with Crippen LogP contribution >= 0.6 is 0 Å². The molecule has 0 bridgehead atoms. The van der Waals surface area contributed by atoms with Crippen LogP contribution in [0.3, 0.4) is 0 Å². The van der Waals surface area contributed by atoms with E-state index < -0.39 is 36.9 Å². The Hall–Kier alpha value is -1.06. The van der Waals surface area contributed by atoms with Crippen LogP contribution in [0, 0.1) is 0 Å². The zero-order valence-electron chi connectivity index (χ0n) is 9.18. The molecule has 0 fully saturated rings. The van der Waals surface area contributed by atoms with Crippen LogP contribution in [0.1, 0.15) is 6.42 Å². The van der Waals surface area contributed by atoms with Crippen molar-refractivity contribution >= 4 is 12.1 Å². The summed E-state index contributed by atoms with van der Waals surface area (Å²) in [5.41, 5.74) is 4.85. The van der Waals surface area contributed by atoms with Gasteiger partial charge in [-0.05, 0) is 0 Å². The number of carbonyl (C=O) groups excluding carboxylic acids is 1. The summed E-state index contributed by atoms with van der Waals surface area (Å²) in [5.74, 6) is -0.548. The van der Waals surface area contributed by atoms with Gasteiger partial charge in [0.1, 0.15) is 24.4 Å². The van der Waals surface area contributed by atoms with Gasteiger partial charge >= 0.3 is 0 Å². The molecular weight excluding hydrogens is 232 g/mol. The molecule has 4 atom stereocenters. The fraction of sp³-hybridized carbons (Fsp3) is 0.778. The first-order valence-electron chi connectivity index (χ1n) is 5.01. The quantitative estimate of drug-likeness (QED) is 0.244. The Morgan fingerprint density at radius 2 is 1.82 bits per heavy atom. The second kappa shape index (κ2) is 8.09. The van der Waals surface area contributed by atoms with Crippen LogP contribution < -0.4 is 5.73 Å². The van der Waals surface area contributed by atoms with Gasteiger partial charge < -0.3 is 31.3 Å². The van der Waals surface area contributed by atoms with Crippen LogP contribution in [0.15, 0.2) is 4.99 Å². The first kappa shape index (κ1) is 15.9. The van der Waals surface area contributed by atoms with Crippen molar-refractivity contribution in [2.45, 2.75) is 30.8 Å². The summed E-state index contributed by atoms with van der Waals surface area (Å²) in [6, 6.07) is 0. The average Bonchev–Trinajstić information content (AvgIpc) is 2.31. The van der Waals surface area contributed by atoms with Crippen molar-refractivity contribution in [2.24, 2.45) is 10.7 Å². The first-order valence-corrected chi connectivity index (χ1v) is 5.01. The Balaban J connectivity index is 4.12. The Bertz CT molecular complexity index is 260. The normalized spacial score (nSPS) is 18.9. The highest BCUT2D eigenvalue weighted by molar-refractivity contribution is 5.74. The lowest BCUT2D eigenvalue weighted by atomic mass is 10.0. The number of aliphatic imine (C=N–C) groups is 1. The summed E-state index contributed by atoms with van der Waals surface area (Å²) in [6.07, 6.45) is -5.52. The third kappa shape index (κ3) is 6.29. The number of carbonyl (C=O) groups is 1. The van der Waals surface area contributed by atoms with Crippen molar-refractivity contribution in [1.29, 1.82) is 0 Å². The van der Waals surface area contributed by atoms with Gasteiger partial charge in [-0.3, -0.25) is 9.79 Å². The minimum atomic E-state index is -1.70. The maximum atomic E-state index is 10.3. The monoisotopic (exact) mass is 250 g/mol. The molecule has 17 heavy (non-hydrogen) atoms. The molecule has 7 N–H and O–H groups in total. The van der Waals surface area contributed by atoms with Gasteiger partial charge in [0.25, 0.3) is 0 Å². The van der Waals surface area contributed by atoms with Crippen molar-refractivity contribution < 1.29 is 30.3 Å². The molecule has 0 rings (SSSR count). The summed E-state index contributed by atoms with van der Waals surface area (Å²) in [4.78, 5) is 14.0. The molecule has 0 aromatic rings. The molecule has 0 saturated carbocycles. The first-order chi connectivity index (χ1) is 7.90. The zero-order valence-corrected chi connectivity index (χ0v) is 9.18. The molecule has 0 aliphatic rings. The summed E-state index contributed by atoms with van der Waals surface area (Å²) < 4.78 is 0. The highest BCUT2D eigenvalue weighted by atomic mass is 16.4. The number of nitrogens with two attached hydrogens (primary N) is 1. The number of rotatable bonds is 8. The van der Waals surface area contributed by atoms with Crippen LogP contribution in [0.2, 0.25) is 0 Å². The van der Waals surface area contributed by atoms with E-state index in [1.807, 2.05) is 0 Å². The Morgan fingerprint density at radius 1 is 1.24 bits per heavy atom. The van der Waals surface area contributed by atoms with Crippen LogP contribution in [0.4, 0.5) is 0 Å². The van der Waals surface area contributed by atoms with E-state index in [1.165, 1.54) is 0 Å². The summed E-state index contributed by atoms with van der Waals surface area (Å²) in [5, 5.41) is 45.5. The van der Waals surface area contributed by atoms with E-state index in [-0.39, 0.29) is 13.0 Å². The molecule has 0 aliphatic carbocycles. The maximum Gasteiger partial charge on any atom is 0.219 e. The minimum absolute atomic E-state index is 0.00112. The molecule has 8 nitrogen and oxygen atoms in total. The minimum Gasteiger partial charge on any atom is -0.394 e. The predicted molar refractivity (Wildman–Crippen MR) is 58.3 cm³/mol. The standard InChI is InChI=1S/C9H18N2O6/c10-7(15)1-2-11-3-5(13)8(16)9(17)6(14)4-12/h3,5-6,8-9,12-14,16-17H,1-2,4H2,(H2,10,15). The second-order valence-electron chi connectivity index (χ2n) is 3.49. The molecular formula is C9H18N2O6. The summed E-state index contributed by atoms with van der Waals surface area (Å²) in [6.45, 7) is -0.693. The second-order valence-corrected chi connectivity index (χ2v) is 3.49. The Kier molecular flexibility index (Phi) is 7.59. The fourth-order valence-electron chi connectivity index (χ4n) is 0.983. The largest absolute Gasteiger partial charge is 0.394 e. The highest BCUT2D eigenvalue weighted by Gasteiger charge is 2.28. The average molecular weight is 250 g/mol. The van der Waals surface area contributed by atoms with Crippen LogP contribution in [-0.4, -0.2) is 75.2 Å². The van der Waals surface area contributed by atoms with Crippen molar-refractivity contribution in [3.05, 3.63) is 0 Å². The number of aliphatic hydroxyl groups excluding tert-OH is 5. The van der Waals surface area contributed by atoms with Crippen molar-refractivity contribution in [3.8, 4) is 0 Å². The molecule has 1 amide bonds. The van der Waals surface area contributed by atoms with Gasteiger partial charge in [0.15, 0.2) is 0 Å². The number of amides is 1. The molecule has 0 heterocycles. The van der Waals surface area contributed by atoms with Gasteiger partial charge in [-0.25, -0.2) is 0 Å². The van der Waals surface area contributed by atoms with E-state index in [4.69, 9.17) is 15.9 Å². The lowest BCUT2D eigenvalue weighted by Crippen LogP contribution is -2.46. The Labute approximate surface area is 98.0 Å². The molecule has 0 spiro atoms. The topological polar surface area (TPSA) is 157 Å². The molecule has 0 saturated heterocycles. The lowest BCUT2D eigenvalue weighted by molar-refractivity contribution is -0.117. The zero-order chi connectivity index (χ0) is 13.4. The number of hydrogen-bond acceptors (Lipinski definition) is 7. The Morgan fingerprint density at radius 3 is 2.29 bits per heavy atom. The molecule has 4 unspecified atom stereocenters. The van der Waals surface area contributed by atoms with E-state index in [1.54, 1.807) is 0 Å². The maximum absolute atomic E-state index is 10.3. The van der Waals surface area contributed by atoms with Gasteiger partial charge in [0, 0.05) is 19.2 Å². The third-order valence-electron chi connectivity index (χ3n) is 2.03. The van der Waals surface area contributed by atoms with Crippen LogP contribution in [-0.2, 0) is 4.79 Å². The van der Waals surface area contributed by atoms with Gasteiger partial charge in [-0.2, -0.15) is 0 Å². The van der Waals surface area contributed by atoms with Crippen molar-refractivity contribution in [1.82, 2.24) is 0 Å². The number of hydrogen-bond donors (Lipinski definition) is 6. The summed E-state index contributed by atoms with van der Waals surface area (Å²) >= 11 is 0. The van der Waals surface area contributed by atoms with Crippen molar-refractivity contribution in [2.75, 3.05) is 13.2 Å². The van der Waals surface area contributed by atoms with Gasteiger partial charge in [-0.1, -0.05) is 0 Å². The molecule has 100 valence electrons. The van der Waals surface area contributed by atoms with Gasteiger partial charge in [0.2, 0.25) is 5.91 Å². The van der Waals surface area contributed by atoms with Gasteiger partial charge in [-0.15, -0.1) is 0 Å². The molecule has 0 radical (unpaired) electrons. The van der Waals surface area contributed by atoms with E-state index in [2.05, 4.69) is 4.99 Å². The molecule has 0 aromatic carbocycles. The molecule has 8 heteroatoms. The third-order valence-corrected chi connectivity index (χ3v) is 2.03. The highest BCUT2D eigenvalue weighted by Crippen LogP contribution is 2.03. The van der Waals surface area contributed by atoms with E-state index in [0.29, 0.717) is 0 Å². The predicted octanol–water partition coefficient (Wildman–Crippen LogP) is -3.63. The fourth-order valence-corrected chi connectivity index (χ4v) is 0.983. The van der Waals surface area contributed by atoms with Crippen molar-refractivity contribution in [3.63, 3.8) is 0 Å². The number of aliphatic hydroxyl groups is 5. The molecule has 0 aliphatic heterocycles. The summed E-state index contributed by atoms with van der Waals surface area (Å²) in [7, 11) is 0. The van der Waals surface area contributed by atoms with E-state index >= 15 is 0 Å².